The average molecular weight is 304 g/mol. The van der Waals surface area contributed by atoms with E-state index in [1.54, 1.807) is 6.08 Å². The van der Waals surface area contributed by atoms with Gasteiger partial charge in [0.25, 0.3) is 5.91 Å². The fourth-order valence-corrected chi connectivity index (χ4v) is 2.33. The molecule has 0 aliphatic carbocycles. The van der Waals surface area contributed by atoms with Crippen LogP contribution in [-0.4, -0.2) is 5.91 Å². The second-order valence-electron chi connectivity index (χ2n) is 5.56. The minimum Gasteiger partial charge on any atom is -0.345 e. The van der Waals surface area contributed by atoms with Crippen LogP contribution in [0.5, 0.6) is 0 Å². The minimum atomic E-state index is -0.357. The summed E-state index contributed by atoms with van der Waals surface area (Å²) in [6.07, 6.45) is 1.65. The van der Waals surface area contributed by atoms with Gasteiger partial charge in [-0.2, -0.15) is 5.26 Å². The Bertz CT molecular complexity index is 770. The number of rotatable bonds is 4. The van der Waals surface area contributed by atoms with Gasteiger partial charge in [0.05, 0.1) is 6.04 Å². The van der Waals surface area contributed by atoms with E-state index in [1.807, 2.05) is 75.4 Å². The molecule has 0 bridgehead atoms. The van der Waals surface area contributed by atoms with Crippen LogP contribution in [0, 0.1) is 25.2 Å². The maximum atomic E-state index is 12.4. The lowest BCUT2D eigenvalue weighted by molar-refractivity contribution is -0.117. The molecule has 3 nitrogen and oxygen atoms in total. The predicted octanol–water partition coefficient (Wildman–Crippen LogP) is 4.09. The quantitative estimate of drug-likeness (QED) is 0.683. The number of nitrogens with zero attached hydrogens (tertiary/aromatic N) is 1. The molecule has 0 aliphatic rings. The normalized spacial score (nSPS) is 12.3. The van der Waals surface area contributed by atoms with Gasteiger partial charge >= 0.3 is 0 Å². The number of carbonyl (C=O) groups excluding carboxylic acids is 1. The fraction of sp³-hybridized carbons (Fsp3) is 0.200. The topological polar surface area (TPSA) is 52.9 Å². The highest BCUT2D eigenvalue weighted by Gasteiger charge is 2.14. The Morgan fingerprint density at radius 2 is 1.83 bits per heavy atom. The van der Waals surface area contributed by atoms with Crippen molar-refractivity contribution in [2.45, 2.75) is 26.8 Å². The van der Waals surface area contributed by atoms with Crippen LogP contribution in [0.2, 0.25) is 0 Å². The molecule has 0 saturated carbocycles. The van der Waals surface area contributed by atoms with E-state index in [4.69, 9.17) is 0 Å². The third kappa shape index (κ3) is 4.08. The molecule has 0 saturated heterocycles. The SMILES string of the molecule is Cc1cccc(/C=C(/C#N)C(=O)NC(C)c2ccccc2)c1C. The van der Waals surface area contributed by atoms with E-state index in [9.17, 15) is 10.1 Å². The third-order valence-electron chi connectivity index (χ3n) is 3.96. The van der Waals surface area contributed by atoms with Crippen molar-refractivity contribution in [3.05, 3.63) is 76.4 Å². The maximum Gasteiger partial charge on any atom is 0.262 e. The van der Waals surface area contributed by atoms with Gasteiger partial charge in [0.15, 0.2) is 0 Å². The second-order valence-corrected chi connectivity index (χ2v) is 5.56. The summed E-state index contributed by atoms with van der Waals surface area (Å²) >= 11 is 0. The highest BCUT2D eigenvalue weighted by Crippen LogP contribution is 2.17. The summed E-state index contributed by atoms with van der Waals surface area (Å²) in [7, 11) is 0. The van der Waals surface area contributed by atoms with Gasteiger partial charge in [-0.25, -0.2) is 0 Å². The molecule has 0 aliphatic heterocycles. The first-order valence-electron chi connectivity index (χ1n) is 7.56. The van der Waals surface area contributed by atoms with E-state index < -0.39 is 0 Å². The molecule has 0 aromatic heterocycles. The van der Waals surface area contributed by atoms with Crippen molar-refractivity contribution in [1.82, 2.24) is 5.32 Å². The number of hydrogen-bond donors (Lipinski definition) is 1. The number of nitriles is 1. The van der Waals surface area contributed by atoms with Crippen LogP contribution in [0.4, 0.5) is 0 Å². The summed E-state index contributed by atoms with van der Waals surface area (Å²) < 4.78 is 0. The van der Waals surface area contributed by atoms with Gasteiger partial charge < -0.3 is 5.32 Å². The van der Waals surface area contributed by atoms with Gasteiger partial charge in [-0.3, -0.25) is 4.79 Å². The number of hydrogen-bond acceptors (Lipinski definition) is 2. The van der Waals surface area contributed by atoms with Crippen LogP contribution in [0.3, 0.4) is 0 Å². The molecule has 0 radical (unpaired) electrons. The van der Waals surface area contributed by atoms with E-state index in [-0.39, 0.29) is 17.5 Å². The average Bonchev–Trinajstić information content (AvgIpc) is 2.56. The number of amides is 1. The first-order chi connectivity index (χ1) is 11.0. The van der Waals surface area contributed by atoms with Crippen molar-refractivity contribution < 1.29 is 4.79 Å². The van der Waals surface area contributed by atoms with Crippen molar-refractivity contribution in [2.75, 3.05) is 0 Å². The van der Waals surface area contributed by atoms with Crippen molar-refractivity contribution >= 4 is 12.0 Å². The van der Waals surface area contributed by atoms with E-state index in [0.29, 0.717) is 0 Å². The molecule has 0 heterocycles. The van der Waals surface area contributed by atoms with Gasteiger partial charge in [0, 0.05) is 0 Å². The molecule has 116 valence electrons. The van der Waals surface area contributed by atoms with Gasteiger partial charge in [-0.15, -0.1) is 0 Å². The Morgan fingerprint density at radius 1 is 1.13 bits per heavy atom. The molecule has 3 heteroatoms. The van der Waals surface area contributed by atoms with E-state index >= 15 is 0 Å². The van der Waals surface area contributed by atoms with Gasteiger partial charge in [0.2, 0.25) is 0 Å². The van der Waals surface area contributed by atoms with Gasteiger partial charge in [-0.1, -0.05) is 48.5 Å². The summed E-state index contributed by atoms with van der Waals surface area (Å²) in [5, 5.41) is 12.2. The first kappa shape index (κ1) is 16.5. The molecule has 2 rings (SSSR count). The zero-order valence-corrected chi connectivity index (χ0v) is 13.6. The predicted molar refractivity (Wildman–Crippen MR) is 92.5 cm³/mol. The summed E-state index contributed by atoms with van der Waals surface area (Å²) in [4.78, 5) is 12.4. The van der Waals surface area contributed by atoms with Crippen LogP contribution in [0.25, 0.3) is 6.08 Å². The maximum absolute atomic E-state index is 12.4. The summed E-state index contributed by atoms with van der Waals surface area (Å²) in [5.74, 6) is -0.357. The van der Waals surface area contributed by atoms with Crippen molar-refractivity contribution in [3.8, 4) is 6.07 Å². The lowest BCUT2D eigenvalue weighted by Crippen LogP contribution is -2.27. The van der Waals surface area contributed by atoms with Crippen LogP contribution in [0.15, 0.2) is 54.1 Å². The molecule has 0 spiro atoms. The molecule has 23 heavy (non-hydrogen) atoms. The van der Waals surface area contributed by atoms with E-state index in [0.717, 1.165) is 22.3 Å². The Hall–Kier alpha value is -2.86. The highest BCUT2D eigenvalue weighted by atomic mass is 16.1. The lowest BCUT2D eigenvalue weighted by Gasteiger charge is -2.14. The molecule has 2 aromatic carbocycles. The monoisotopic (exact) mass is 304 g/mol. The Balaban J connectivity index is 2.21. The molecular formula is C20H20N2O. The Kier molecular flexibility index (Phi) is 5.32. The first-order valence-corrected chi connectivity index (χ1v) is 7.56. The zero-order chi connectivity index (χ0) is 16.8. The van der Waals surface area contributed by atoms with Gasteiger partial charge in [-0.05, 0) is 49.1 Å². The minimum absolute atomic E-state index is 0.112. The zero-order valence-electron chi connectivity index (χ0n) is 13.6. The molecule has 1 N–H and O–H groups in total. The number of carbonyl (C=O) groups is 1. The largest absolute Gasteiger partial charge is 0.345 e. The van der Waals surface area contributed by atoms with Crippen molar-refractivity contribution in [2.24, 2.45) is 0 Å². The van der Waals surface area contributed by atoms with Gasteiger partial charge in [0.1, 0.15) is 11.6 Å². The Labute approximate surface area is 137 Å². The highest BCUT2D eigenvalue weighted by molar-refractivity contribution is 6.02. The summed E-state index contributed by atoms with van der Waals surface area (Å²) in [5.41, 5.74) is 4.22. The van der Waals surface area contributed by atoms with E-state index in [2.05, 4.69) is 5.32 Å². The van der Waals surface area contributed by atoms with Crippen LogP contribution < -0.4 is 5.32 Å². The molecule has 1 atom stereocenters. The summed E-state index contributed by atoms with van der Waals surface area (Å²) in [6, 6.07) is 17.4. The molecule has 1 amide bonds. The fourth-order valence-electron chi connectivity index (χ4n) is 2.33. The molecule has 2 aromatic rings. The molecule has 0 fully saturated rings. The molecule has 1 unspecified atom stereocenters. The number of nitrogens with one attached hydrogen (secondary N) is 1. The van der Waals surface area contributed by atoms with Crippen LogP contribution in [0.1, 0.15) is 35.2 Å². The summed E-state index contributed by atoms with van der Waals surface area (Å²) in [6.45, 7) is 5.90. The standard InChI is InChI=1S/C20H20N2O/c1-14-8-7-11-18(15(14)2)12-19(13-21)20(23)22-16(3)17-9-5-4-6-10-17/h4-12,16H,1-3H3,(H,22,23)/b19-12-. The second kappa shape index (κ2) is 7.42. The Morgan fingerprint density at radius 3 is 2.48 bits per heavy atom. The van der Waals surface area contributed by atoms with Crippen molar-refractivity contribution in [3.63, 3.8) is 0 Å². The van der Waals surface area contributed by atoms with Crippen LogP contribution in [-0.2, 0) is 4.79 Å². The van der Waals surface area contributed by atoms with Crippen LogP contribution >= 0.6 is 0 Å². The number of benzene rings is 2. The third-order valence-corrected chi connectivity index (χ3v) is 3.96. The van der Waals surface area contributed by atoms with E-state index in [1.165, 1.54) is 0 Å². The lowest BCUT2D eigenvalue weighted by atomic mass is 10.0. The number of aryl methyl sites for hydroxylation is 1. The van der Waals surface area contributed by atoms with Crippen molar-refractivity contribution in [1.29, 1.82) is 5.26 Å². The molecular weight excluding hydrogens is 284 g/mol. The smallest absolute Gasteiger partial charge is 0.262 e.